The number of carbonyl (C=O) groups is 3. The number of nitrogens with zero attached hydrogens (tertiary/aromatic N) is 1. The lowest BCUT2D eigenvalue weighted by atomic mass is 10.1. The maximum absolute atomic E-state index is 11.3. The second-order valence-electron chi connectivity index (χ2n) is 4.37. The molecule has 0 aliphatic heterocycles. The molecule has 0 aliphatic rings. The molecule has 0 radical (unpaired) electrons. The molecule has 1 atom stereocenters. The van der Waals surface area contributed by atoms with E-state index < -0.39 is 5.97 Å². The predicted octanol–water partition coefficient (Wildman–Crippen LogP) is 0.435. The maximum Gasteiger partial charge on any atom is 0.300 e. The highest BCUT2D eigenvalue weighted by molar-refractivity contribution is 5.81. The summed E-state index contributed by atoms with van der Waals surface area (Å²) in [5, 5.41) is 10.1. The predicted molar refractivity (Wildman–Crippen MR) is 79.2 cm³/mol. The number of hydrogen-bond donors (Lipinski definition) is 3. The topological polar surface area (TPSA) is 113 Å². The molecule has 0 heterocycles. The van der Waals surface area contributed by atoms with Crippen molar-refractivity contribution in [3.63, 3.8) is 0 Å². The second-order valence-corrected chi connectivity index (χ2v) is 4.37. The van der Waals surface area contributed by atoms with Crippen molar-refractivity contribution >= 4 is 17.8 Å². The fourth-order valence-corrected chi connectivity index (χ4v) is 1.19. The molecule has 7 nitrogen and oxygen atoms in total. The average molecular weight is 294 g/mol. The standard InChI is InChI=1S/C9H20N2O.C2H5NO.C2H4O2/c1-5-6-7-8(11(3)4)9(12)10-2;2*1-2(3)4/h8H,5-7H2,1-4H3,(H,10,12);1H3,(H2,3,4);1H3,(H,3,4)/i1+1,2+1;;1+1. The lowest BCUT2D eigenvalue weighted by Gasteiger charge is -2.22. The summed E-state index contributed by atoms with van der Waals surface area (Å²) in [6.45, 7) is 4.52. The van der Waals surface area contributed by atoms with E-state index in [1.807, 2.05) is 19.0 Å². The van der Waals surface area contributed by atoms with Gasteiger partial charge in [0.05, 0.1) is 6.04 Å². The number of nitrogens with one attached hydrogen (secondary N) is 1. The van der Waals surface area contributed by atoms with Gasteiger partial charge in [0.25, 0.3) is 5.97 Å². The zero-order valence-corrected chi connectivity index (χ0v) is 13.4. The van der Waals surface area contributed by atoms with Crippen LogP contribution >= 0.6 is 0 Å². The first-order valence-electron chi connectivity index (χ1n) is 6.43. The Balaban J connectivity index is -0.000000297. The number of likely N-dealkylation sites (N-methyl/N-ethyl adjacent to an activating group) is 2. The molecule has 120 valence electrons. The van der Waals surface area contributed by atoms with Crippen LogP contribution in [0.1, 0.15) is 40.0 Å². The second kappa shape index (κ2) is 15.4. The highest BCUT2D eigenvalue weighted by atomic mass is 16.4. The third kappa shape index (κ3) is 25.3. The van der Waals surface area contributed by atoms with Gasteiger partial charge in [-0.1, -0.05) is 19.8 Å². The lowest BCUT2D eigenvalue weighted by Crippen LogP contribution is -2.41. The van der Waals surface area contributed by atoms with Gasteiger partial charge in [0.2, 0.25) is 11.8 Å². The molecule has 0 aliphatic carbocycles. The quantitative estimate of drug-likeness (QED) is 0.637. The van der Waals surface area contributed by atoms with E-state index in [0.29, 0.717) is 0 Å². The van der Waals surface area contributed by atoms with Crippen LogP contribution in [-0.2, 0) is 14.4 Å². The third-order valence-electron chi connectivity index (χ3n) is 2.00. The number of rotatable bonds is 5. The number of aliphatic carboxylic acids is 1. The maximum atomic E-state index is 11.3. The van der Waals surface area contributed by atoms with Crippen LogP contribution in [0.25, 0.3) is 0 Å². The van der Waals surface area contributed by atoms with E-state index in [1.165, 1.54) is 6.92 Å². The third-order valence-corrected chi connectivity index (χ3v) is 2.00. The number of carboxylic acids is 1. The van der Waals surface area contributed by atoms with E-state index in [4.69, 9.17) is 9.90 Å². The van der Waals surface area contributed by atoms with Gasteiger partial charge in [-0.15, -0.1) is 0 Å². The average Bonchev–Trinajstić information content (AvgIpc) is 2.27. The van der Waals surface area contributed by atoms with Gasteiger partial charge in [-0.3, -0.25) is 19.3 Å². The summed E-state index contributed by atoms with van der Waals surface area (Å²) in [6, 6.07) is 0.0370. The zero-order chi connectivity index (χ0) is 16.7. The van der Waals surface area contributed by atoms with Gasteiger partial charge in [0.1, 0.15) is 0 Å². The van der Waals surface area contributed by atoms with Crippen molar-refractivity contribution < 1.29 is 19.5 Å². The molecule has 0 aromatic heterocycles. The van der Waals surface area contributed by atoms with Crippen LogP contribution in [-0.4, -0.2) is 55.0 Å². The molecule has 1 unspecified atom stereocenters. The molecule has 0 aromatic rings. The lowest BCUT2D eigenvalue weighted by molar-refractivity contribution is -0.134. The van der Waals surface area contributed by atoms with Crippen LogP contribution in [0.2, 0.25) is 0 Å². The van der Waals surface area contributed by atoms with Crippen molar-refractivity contribution in [3.05, 3.63) is 0 Å². The van der Waals surface area contributed by atoms with Crippen molar-refractivity contribution in [1.82, 2.24) is 10.2 Å². The van der Waals surface area contributed by atoms with E-state index in [-0.39, 0.29) is 17.9 Å². The fourth-order valence-electron chi connectivity index (χ4n) is 1.19. The number of carboxylic acid groups (broad SMARTS) is 1. The van der Waals surface area contributed by atoms with Gasteiger partial charge in [0, 0.05) is 20.9 Å². The number of hydrogen-bond acceptors (Lipinski definition) is 4. The monoisotopic (exact) mass is 294 g/mol. The first-order valence-corrected chi connectivity index (χ1v) is 6.43. The van der Waals surface area contributed by atoms with Gasteiger partial charge in [0.15, 0.2) is 0 Å². The molecule has 0 bridgehead atoms. The first-order chi connectivity index (χ1) is 9.09. The van der Waals surface area contributed by atoms with E-state index in [2.05, 4.69) is 18.0 Å². The molecule has 20 heavy (non-hydrogen) atoms. The molecule has 4 N–H and O–H groups in total. The number of primary amides is 1. The number of unbranched alkanes of at least 4 members (excludes halogenated alkanes) is 1. The molecule has 0 fully saturated rings. The molecule has 0 aromatic carbocycles. The van der Waals surface area contributed by atoms with E-state index in [9.17, 15) is 9.59 Å². The van der Waals surface area contributed by atoms with E-state index in [1.54, 1.807) is 7.05 Å². The summed E-state index contributed by atoms with van der Waals surface area (Å²) in [7, 11) is 5.57. The molecule has 0 saturated carbocycles. The van der Waals surface area contributed by atoms with Gasteiger partial charge in [-0.25, -0.2) is 0 Å². The van der Waals surface area contributed by atoms with E-state index >= 15 is 0 Å². The Kier molecular flexibility index (Phi) is 18.1. The summed E-state index contributed by atoms with van der Waals surface area (Å²) in [5.74, 6) is -1.05. The number of carbonyl (C=O) groups excluding carboxylic acids is 2. The summed E-state index contributed by atoms with van der Waals surface area (Å²) in [4.78, 5) is 31.5. The molecule has 7 heteroatoms. The van der Waals surface area contributed by atoms with Crippen molar-refractivity contribution in [2.45, 2.75) is 46.1 Å². The van der Waals surface area contributed by atoms with Gasteiger partial charge >= 0.3 is 0 Å². The summed E-state index contributed by atoms with van der Waals surface area (Å²) >= 11 is 0. The SMILES string of the molecule is CC(N)=O.CN(C)C(CCC[13CH3])C(=O)N[13CH3].[13CH3]C(=O)O. The van der Waals surface area contributed by atoms with Crippen LogP contribution in [0.4, 0.5) is 0 Å². The van der Waals surface area contributed by atoms with Gasteiger partial charge < -0.3 is 16.2 Å². The Labute approximate surface area is 121 Å². The highest BCUT2D eigenvalue weighted by Crippen LogP contribution is 2.05. The van der Waals surface area contributed by atoms with Crippen LogP contribution in [0, 0.1) is 0 Å². The minimum absolute atomic E-state index is 0.0370. The van der Waals surface area contributed by atoms with Crippen molar-refractivity contribution in [2.24, 2.45) is 5.73 Å². The van der Waals surface area contributed by atoms with Crippen molar-refractivity contribution in [1.29, 1.82) is 0 Å². The molecule has 0 rings (SSSR count). The van der Waals surface area contributed by atoms with Crippen LogP contribution in [0.3, 0.4) is 0 Å². The van der Waals surface area contributed by atoms with Crippen molar-refractivity contribution in [2.75, 3.05) is 21.1 Å². The Morgan fingerprint density at radius 3 is 1.80 bits per heavy atom. The molecule has 0 spiro atoms. The fraction of sp³-hybridized carbons (Fsp3) is 0.769. The van der Waals surface area contributed by atoms with Gasteiger partial charge in [-0.2, -0.15) is 0 Å². The van der Waals surface area contributed by atoms with Crippen LogP contribution in [0.5, 0.6) is 0 Å². The Morgan fingerprint density at radius 1 is 1.25 bits per heavy atom. The molecule has 0 saturated heterocycles. The highest BCUT2D eigenvalue weighted by Gasteiger charge is 2.17. The molecular formula is C13H29N3O4. The molecular weight excluding hydrogens is 265 g/mol. The summed E-state index contributed by atoms with van der Waals surface area (Å²) in [5.41, 5.74) is 4.47. The van der Waals surface area contributed by atoms with Crippen molar-refractivity contribution in [3.8, 4) is 0 Å². The number of nitrogens with two attached hydrogens (primary N) is 1. The van der Waals surface area contributed by atoms with Crippen LogP contribution < -0.4 is 11.1 Å². The smallest absolute Gasteiger partial charge is 0.300 e. The van der Waals surface area contributed by atoms with E-state index in [0.717, 1.165) is 26.2 Å². The normalized spacial score (nSPS) is 10.3. The first kappa shape index (κ1) is 23.5. The van der Waals surface area contributed by atoms with Crippen LogP contribution in [0.15, 0.2) is 0 Å². The zero-order valence-electron chi connectivity index (χ0n) is 13.4. The summed E-state index contributed by atoms with van der Waals surface area (Å²) in [6.07, 6.45) is 3.20. The minimum atomic E-state index is -0.833. The Morgan fingerprint density at radius 2 is 1.60 bits per heavy atom. The summed E-state index contributed by atoms with van der Waals surface area (Å²) < 4.78 is 0. The van der Waals surface area contributed by atoms with Gasteiger partial charge in [-0.05, 0) is 20.5 Å². The molecule has 2 amide bonds. The number of amides is 2. The minimum Gasteiger partial charge on any atom is -0.481 e. The largest absolute Gasteiger partial charge is 0.481 e. The Bertz CT molecular complexity index is 261. The Hall–Kier alpha value is -1.63.